The fourth-order valence-corrected chi connectivity index (χ4v) is 0. The monoisotopic (exact) mass is 282 g/mol. The summed E-state index contributed by atoms with van der Waals surface area (Å²) in [5.41, 5.74) is 0. The van der Waals surface area contributed by atoms with Crippen molar-refractivity contribution < 1.29 is 56.8 Å². The van der Waals surface area contributed by atoms with E-state index in [0.717, 1.165) is 13.8 Å². The molecular weight excluding hydrogens is 273 g/mol. The molecule has 0 saturated heterocycles. The van der Waals surface area contributed by atoms with Gasteiger partial charge in [0, 0.05) is 33.3 Å². The molecule has 0 aromatic carbocycles. The summed E-state index contributed by atoms with van der Waals surface area (Å²) in [5, 5.41) is 14.8. The fraction of sp³-hybridized carbons (Fsp3) is 0.500. The second-order valence-electron chi connectivity index (χ2n) is 1.49. The van der Waals surface area contributed by atoms with E-state index in [9.17, 15) is 0 Å². The van der Waals surface area contributed by atoms with Gasteiger partial charge in [-0.25, -0.2) is 0 Å². The van der Waals surface area contributed by atoms with Crippen LogP contribution in [0.3, 0.4) is 0 Å². The number of rotatable bonds is 0. The van der Waals surface area contributed by atoms with Gasteiger partial charge in [-0.3, -0.25) is 18.7 Å². The molecule has 0 fully saturated rings. The van der Waals surface area contributed by atoms with E-state index in [0.29, 0.717) is 0 Å². The molecule has 0 bridgehead atoms. The number of carboxylic acids is 2. The third-order valence-corrected chi connectivity index (χ3v) is 0. The Morgan fingerprint density at radius 3 is 0.929 bits per heavy atom. The zero-order chi connectivity index (χ0) is 11.7. The first-order chi connectivity index (χ1) is 5.46. The Hall–Kier alpha value is -0.567. The van der Waals surface area contributed by atoms with Crippen molar-refractivity contribution in [3.63, 3.8) is 0 Å². The Labute approximate surface area is 93.3 Å². The van der Waals surface area contributed by atoms with E-state index in [2.05, 4.69) is 0 Å². The topological polar surface area (TPSA) is 149 Å². The predicted molar refractivity (Wildman–Crippen MR) is 40.8 cm³/mol. The summed E-state index contributed by atoms with van der Waals surface area (Å²) in [6, 6.07) is 0. The van der Waals surface area contributed by atoms with Crippen LogP contribution in [-0.4, -0.2) is 39.7 Å². The molecule has 0 aliphatic rings. The van der Waals surface area contributed by atoms with Crippen LogP contribution in [0.4, 0.5) is 0 Å². The molecular formula is C4H10O8SZn. The molecule has 0 spiro atoms. The normalized spacial score (nSPS) is 7.71. The summed E-state index contributed by atoms with van der Waals surface area (Å²) in [6.07, 6.45) is 0. The second kappa shape index (κ2) is 12.4. The molecule has 0 saturated carbocycles. The molecule has 82 valence electrons. The van der Waals surface area contributed by atoms with Gasteiger partial charge in [0.1, 0.15) is 0 Å². The minimum absolute atomic E-state index is 0. The van der Waals surface area contributed by atoms with Crippen LogP contribution in [0.25, 0.3) is 0 Å². The maximum atomic E-state index is 9.00. The van der Waals surface area contributed by atoms with Crippen molar-refractivity contribution in [1.82, 2.24) is 0 Å². The Kier molecular flexibility index (Phi) is 20.7. The standard InChI is InChI=1S/2C2H4O2.H2O4S.Zn/c2*1-2(3)4;1-5(2,3)4;/h2*1H3,(H,3,4);(H2,1,2,3,4);. The Bertz CT molecular complexity index is 216. The van der Waals surface area contributed by atoms with Crippen molar-refractivity contribution in [2.75, 3.05) is 0 Å². The molecule has 0 rings (SSSR count). The van der Waals surface area contributed by atoms with Crippen LogP contribution in [0.2, 0.25) is 0 Å². The molecule has 0 amide bonds. The molecule has 0 atom stereocenters. The van der Waals surface area contributed by atoms with E-state index >= 15 is 0 Å². The van der Waals surface area contributed by atoms with Crippen LogP contribution in [0.1, 0.15) is 13.8 Å². The molecule has 0 unspecified atom stereocenters. The van der Waals surface area contributed by atoms with Crippen LogP contribution < -0.4 is 0 Å². The summed E-state index contributed by atoms with van der Waals surface area (Å²) < 4.78 is 31.6. The van der Waals surface area contributed by atoms with Gasteiger partial charge < -0.3 is 10.2 Å². The minimum atomic E-state index is -4.67. The van der Waals surface area contributed by atoms with Crippen molar-refractivity contribution in [3.05, 3.63) is 0 Å². The molecule has 10 heteroatoms. The van der Waals surface area contributed by atoms with E-state index in [1.165, 1.54) is 0 Å². The first kappa shape index (κ1) is 23.3. The van der Waals surface area contributed by atoms with Crippen molar-refractivity contribution in [2.45, 2.75) is 13.8 Å². The third kappa shape index (κ3) is 3880. The Balaban J connectivity index is -0.0000000522. The minimum Gasteiger partial charge on any atom is -0.481 e. The Morgan fingerprint density at radius 2 is 0.929 bits per heavy atom. The van der Waals surface area contributed by atoms with Crippen molar-refractivity contribution in [3.8, 4) is 0 Å². The third-order valence-electron chi connectivity index (χ3n) is 0. The first-order valence-electron chi connectivity index (χ1n) is 2.55. The molecule has 14 heavy (non-hydrogen) atoms. The van der Waals surface area contributed by atoms with Crippen molar-refractivity contribution in [1.29, 1.82) is 0 Å². The van der Waals surface area contributed by atoms with E-state index in [-0.39, 0.29) is 19.5 Å². The summed E-state index contributed by atoms with van der Waals surface area (Å²) in [4.78, 5) is 18.0. The van der Waals surface area contributed by atoms with Gasteiger partial charge in [-0.15, -0.1) is 0 Å². The number of aliphatic carboxylic acids is 2. The molecule has 4 N–H and O–H groups in total. The Morgan fingerprint density at radius 1 is 0.929 bits per heavy atom. The smallest absolute Gasteiger partial charge is 0.394 e. The number of carbonyl (C=O) groups is 2. The van der Waals surface area contributed by atoms with Crippen LogP contribution in [0, 0.1) is 0 Å². The van der Waals surface area contributed by atoms with E-state index in [1.807, 2.05) is 0 Å². The SMILES string of the molecule is CC(=O)O.CC(=O)O.O=S(=O)(O)O.[Zn]. The van der Waals surface area contributed by atoms with Crippen LogP contribution in [0.15, 0.2) is 0 Å². The van der Waals surface area contributed by atoms with E-state index < -0.39 is 22.3 Å². The van der Waals surface area contributed by atoms with E-state index in [1.54, 1.807) is 0 Å². The van der Waals surface area contributed by atoms with Gasteiger partial charge in [0.25, 0.3) is 11.9 Å². The summed E-state index contributed by atoms with van der Waals surface area (Å²) >= 11 is 0. The predicted octanol–water partition coefficient (Wildman–Crippen LogP) is -0.473. The molecule has 0 heterocycles. The average Bonchev–Trinajstić information content (AvgIpc) is 1.50. The van der Waals surface area contributed by atoms with Gasteiger partial charge in [-0.1, -0.05) is 0 Å². The largest absolute Gasteiger partial charge is 0.481 e. The average molecular weight is 284 g/mol. The van der Waals surface area contributed by atoms with Gasteiger partial charge in [0.2, 0.25) is 0 Å². The van der Waals surface area contributed by atoms with Crippen LogP contribution in [-0.2, 0) is 39.5 Å². The first-order valence-corrected chi connectivity index (χ1v) is 3.95. The zero-order valence-corrected chi connectivity index (χ0v) is 11.3. The molecule has 0 aliphatic carbocycles. The number of hydrogen-bond donors (Lipinski definition) is 4. The second-order valence-corrected chi connectivity index (χ2v) is 2.38. The zero-order valence-electron chi connectivity index (χ0n) is 7.54. The maximum Gasteiger partial charge on any atom is 0.394 e. The van der Waals surface area contributed by atoms with Crippen molar-refractivity contribution in [2.24, 2.45) is 0 Å². The molecule has 0 radical (unpaired) electrons. The summed E-state index contributed by atoms with van der Waals surface area (Å²) in [5.74, 6) is -1.67. The molecule has 0 aromatic heterocycles. The fourth-order valence-electron chi connectivity index (χ4n) is 0. The van der Waals surface area contributed by atoms with Gasteiger partial charge >= 0.3 is 10.4 Å². The van der Waals surface area contributed by atoms with Gasteiger partial charge in [-0.2, -0.15) is 8.42 Å². The van der Waals surface area contributed by atoms with E-state index in [4.69, 9.17) is 37.3 Å². The number of hydrogen-bond acceptors (Lipinski definition) is 4. The van der Waals surface area contributed by atoms with Gasteiger partial charge in [-0.05, 0) is 0 Å². The van der Waals surface area contributed by atoms with Gasteiger partial charge in [0.15, 0.2) is 0 Å². The summed E-state index contributed by atoms with van der Waals surface area (Å²) in [6.45, 7) is 2.17. The van der Waals surface area contributed by atoms with Gasteiger partial charge in [0.05, 0.1) is 0 Å². The molecule has 0 aliphatic heterocycles. The number of carboxylic acid groups (broad SMARTS) is 2. The van der Waals surface area contributed by atoms with Crippen LogP contribution in [0.5, 0.6) is 0 Å². The molecule has 8 nitrogen and oxygen atoms in total. The summed E-state index contributed by atoms with van der Waals surface area (Å²) in [7, 11) is -4.67. The van der Waals surface area contributed by atoms with Crippen LogP contribution >= 0.6 is 0 Å². The maximum absolute atomic E-state index is 9.00. The molecule has 0 aromatic rings. The quantitative estimate of drug-likeness (QED) is 0.344. The van der Waals surface area contributed by atoms with Crippen molar-refractivity contribution >= 4 is 22.3 Å².